The summed E-state index contributed by atoms with van der Waals surface area (Å²) < 4.78 is 0. The first kappa shape index (κ1) is 10.1. The molecule has 17 heavy (non-hydrogen) atoms. The van der Waals surface area contributed by atoms with Crippen molar-refractivity contribution in [2.45, 2.75) is 19.8 Å². The average Bonchev–Trinajstić information content (AvgIpc) is 2.64. The number of hydrogen-bond acceptors (Lipinski definition) is 3. The monoisotopic (exact) mass is 224 g/mol. The molecule has 0 N–H and O–H groups in total. The van der Waals surface area contributed by atoms with Gasteiger partial charge in [0.1, 0.15) is 11.4 Å². The standard InChI is InChI=1S/C14H12N2O/c1-8(2)9-3-4-10-11(7-9)14(17)13-12(10)15-5-6-16-13/h3-8H,1-2H3. The van der Waals surface area contributed by atoms with Crippen molar-refractivity contribution < 1.29 is 4.79 Å². The minimum atomic E-state index is -0.00870. The van der Waals surface area contributed by atoms with Gasteiger partial charge in [-0.3, -0.25) is 9.78 Å². The predicted molar refractivity (Wildman–Crippen MR) is 65.0 cm³/mol. The fourth-order valence-corrected chi connectivity index (χ4v) is 2.14. The molecule has 1 aromatic carbocycles. The Labute approximate surface area is 99.5 Å². The highest BCUT2D eigenvalue weighted by Gasteiger charge is 2.29. The Morgan fingerprint density at radius 2 is 1.71 bits per heavy atom. The number of benzene rings is 1. The first-order valence-corrected chi connectivity index (χ1v) is 5.68. The maximum atomic E-state index is 12.2. The smallest absolute Gasteiger partial charge is 0.214 e. The van der Waals surface area contributed by atoms with E-state index in [-0.39, 0.29) is 5.78 Å². The molecule has 2 aromatic rings. The number of carbonyl (C=O) groups is 1. The number of aromatic nitrogens is 2. The number of ketones is 1. The van der Waals surface area contributed by atoms with Crippen LogP contribution in [0.1, 0.15) is 41.4 Å². The van der Waals surface area contributed by atoms with Crippen LogP contribution in [0.25, 0.3) is 11.3 Å². The number of hydrogen-bond donors (Lipinski definition) is 0. The van der Waals surface area contributed by atoms with Crippen LogP contribution in [0.2, 0.25) is 0 Å². The Kier molecular flexibility index (Phi) is 2.08. The zero-order valence-corrected chi connectivity index (χ0v) is 9.77. The second-order valence-corrected chi connectivity index (χ2v) is 4.54. The SMILES string of the molecule is CC(C)c1ccc2c(c1)C(=O)c1nccnc1-2. The zero-order valence-electron chi connectivity index (χ0n) is 9.77. The van der Waals surface area contributed by atoms with E-state index in [0.29, 0.717) is 17.3 Å². The highest BCUT2D eigenvalue weighted by molar-refractivity contribution is 6.19. The van der Waals surface area contributed by atoms with Crippen molar-refractivity contribution in [3.8, 4) is 11.3 Å². The van der Waals surface area contributed by atoms with E-state index in [1.165, 1.54) is 5.56 Å². The molecule has 1 aliphatic carbocycles. The molecule has 0 saturated carbocycles. The van der Waals surface area contributed by atoms with E-state index in [2.05, 4.69) is 29.9 Å². The van der Waals surface area contributed by atoms with Crippen LogP contribution in [0.4, 0.5) is 0 Å². The van der Waals surface area contributed by atoms with Crippen molar-refractivity contribution in [3.05, 3.63) is 47.4 Å². The fraction of sp³-hybridized carbons (Fsp3) is 0.214. The molecule has 1 heterocycles. The number of rotatable bonds is 1. The minimum Gasteiger partial charge on any atom is -0.287 e. The molecule has 0 fully saturated rings. The van der Waals surface area contributed by atoms with Crippen LogP contribution < -0.4 is 0 Å². The fourth-order valence-electron chi connectivity index (χ4n) is 2.14. The third-order valence-electron chi connectivity index (χ3n) is 3.12. The molecule has 0 atom stereocenters. The average molecular weight is 224 g/mol. The Balaban J connectivity index is 2.24. The van der Waals surface area contributed by atoms with Gasteiger partial charge in [0.05, 0.1) is 0 Å². The van der Waals surface area contributed by atoms with Crippen LogP contribution >= 0.6 is 0 Å². The molecule has 0 aliphatic heterocycles. The van der Waals surface area contributed by atoms with Crippen LogP contribution in [0.3, 0.4) is 0 Å². The zero-order chi connectivity index (χ0) is 12.0. The summed E-state index contributed by atoms with van der Waals surface area (Å²) in [5.74, 6) is 0.406. The van der Waals surface area contributed by atoms with Gasteiger partial charge >= 0.3 is 0 Å². The molecule has 3 rings (SSSR count). The molecule has 0 radical (unpaired) electrons. The van der Waals surface area contributed by atoms with Gasteiger partial charge in [0.25, 0.3) is 0 Å². The number of carbonyl (C=O) groups excluding carboxylic acids is 1. The van der Waals surface area contributed by atoms with E-state index in [0.717, 1.165) is 11.1 Å². The first-order chi connectivity index (χ1) is 8.18. The van der Waals surface area contributed by atoms with Crippen LogP contribution in [0, 0.1) is 0 Å². The Hall–Kier alpha value is -2.03. The van der Waals surface area contributed by atoms with Gasteiger partial charge in [0, 0.05) is 23.5 Å². The lowest BCUT2D eigenvalue weighted by molar-refractivity contribution is 0.103. The van der Waals surface area contributed by atoms with Gasteiger partial charge in [-0.05, 0) is 17.5 Å². The third kappa shape index (κ3) is 1.39. The highest BCUT2D eigenvalue weighted by atomic mass is 16.1. The minimum absolute atomic E-state index is 0.00870. The van der Waals surface area contributed by atoms with E-state index in [1.54, 1.807) is 12.4 Å². The Morgan fingerprint density at radius 1 is 1.00 bits per heavy atom. The molecule has 3 heteroatoms. The summed E-state index contributed by atoms with van der Waals surface area (Å²) in [5.41, 5.74) is 4.00. The second-order valence-electron chi connectivity index (χ2n) is 4.54. The quantitative estimate of drug-likeness (QED) is 0.638. The summed E-state index contributed by atoms with van der Waals surface area (Å²) in [4.78, 5) is 20.5. The maximum absolute atomic E-state index is 12.2. The predicted octanol–water partition coefficient (Wildman–Crippen LogP) is 2.81. The van der Waals surface area contributed by atoms with Crippen molar-refractivity contribution >= 4 is 5.78 Å². The Bertz CT molecular complexity index is 617. The molecule has 3 nitrogen and oxygen atoms in total. The third-order valence-corrected chi connectivity index (χ3v) is 3.12. The van der Waals surface area contributed by atoms with Gasteiger partial charge in [0.15, 0.2) is 0 Å². The van der Waals surface area contributed by atoms with Crippen molar-refractivity contribution in [1.82, 2.24) is 9.97 Å². The first-order valence-electron chi connectivity index (χ1n) is 5.68. The molecule has 84 valence electrons. The van der Waals surface area contributed by atoms with E-state index in [9.17, 15) is 4.79 Å². The highest BCUT2D eigenvalue weighted by Crippen LogP contribution is 2.35. The molecule has 0 saturated heterocycles. The van der Waals surface area contributed by atoms with Gasteiger partial charge in [0.2, 0.25) is 5.78 Å². The molecular formula is C14H12N2O. The topological polar surface area (TPSA) is 42.9 Å². The maximum Gasteiger partial charge on any atom is 0.214 e. The normalized spacial score (nSPS) is 12.8. The van der Waals surface area contributed by atoms with Gasteiger partial charge in [-0.25, -0.2) is 4.98 Å². The van der Waals surface area contributed by atoms with Crippen molar-refractivity contribution in [2.24, 2.45) is 0 Å². The van der Waals surface area contributed by atoms with Gasteiger partial charge < -0.3 is 0 Å². The summed E-state index contributed by atoms with van der Waals surface area (Å²) in [7, 11) is 0. The van der Waals surface area contributed by atoms with Crippen LogP contribution in [0.15, 0.2) is 30.6 Å². The second kappa shape index (κ2) is 3.48. The molecule has 0 unspecified atom stereocenters. The van der Waals surface area contributed by atoms with Crippen LogP contribution in [0.5, 0.6) is 0 Å². The van der Waals surface area contributed by atoms with E-state index in [1.807, 2.05) is 12.1 Å². The van der Waals surface area contributed by atoms with Crippen LogP contribution in [-0.4, -0.2) is 15.8 Å². The van der Waals surface area contributed by atoms with E-state index in [4.69, 9.17) is 0 Å². The molecule has 1 aliphatic rings. The van der Waals surface area contributed by atoms with Crippen LogP contribution in [-0.2, 0) is 0 Å². The van der Waals surface area contributed by atoms with Gasteiger partial charge in [-0.2, -0.15) is 0 Å². The molecule has 0 amide bonds. The lowest BCUT2D eigenvalue weighted by Crippen LogP contribution is -1.99. The number of fused-ring (bicyclic) bond motifs is 3. The molecule has 0 spiro atoms. The van der Waals surface area contributed by atoms with E-state index >= 15 is 0 Å². The lowest BCUT2D eigenvalue weighted by Gasteiger charge is -2.06. The lowest BCUT2D eigenvalue weighted by atomic mass is 9.98. The summed E-state index contributed by atoms with van der Waals surface area (Å²) in [6, 6.07) is 6.00. The molecule has 0 bridgehead atoms. The van der Waals surface area contributed by atoms with Crippen molar-refractivity contribution in [3.63, 3.8) is 0 Å². The van der Waals surface area contributed by atoms with E-state index < -0.39 is 0 Å². The molecule has 1 aromatic heterocycles. The largest absolute Gasteiger partial charge is 0.287 e. The van der Waals surface area contributed by atoms with Crippen molar-refractivity contribution in [1.29, 1.82) is 0 Å². The van der Waals surface area contributed by atoms with Crippen molar-refractivity contribution in [2.75, 3.05) is 0 Å². The van der Waals surface area contributed by atoms with Gasteiger partial charge in [-0.15, -0.1) is 0 Å². The van der Waals surface area contributed by atoms with Gasteiger partial charge in [-0.1, -0.05) is 26.0 Å². The Morgan fingerprint density at radius 3 is 2.41 bits per heavy atom. The summed E-state index contributed by atoms with van der Waals surface area (Å²) >= 11 is 0. The summed E-state index contributed by atoms with van der Waals surface area (Å²) in [6.07, 6.45) is 3.18. The summed E-state index contributed by atoms with van der Waals surface area (Å²) in [5, 5.41) is 0. The summed E-state index contributed by atoms with van der Waals surface area (Å²) in [6.45, 7) is 4.23. The number of nitrogens with zero attached hydrogens (tertiary/aromatic N) is 2. The molecular weight excluding hydrogens is 212 g/mol.